The van der Waals surface area contributed by atoms with Crippen LogP contribution in [0.3, 0.4) is 0 Å². The molecule has 0 atom stereocenters. The lowest BCUT2D eigenvalue weighted by molar-refractivity contribution is 0.313. The monoisotopic (exact) mass is 283 g/mol. The molecule has 4 nitrogen and oxygen atoms in total. The first-order valence-electron chi connectivity index (χ1n) is 7.31. The van der Waals surface area contributed by atoms with Gasteiger partial charge in [-0.2, -0.15) is 5.26 Å². The van der Waals surface area contributed by atoms with Crippen LogP contribution in [0.4, 0.5) is 5.69 Å². The van der Waals surface area contributed by atoms with Gasteiger partial charge < -0.3 is 14.6 Å². The van der Waals surface area contributed by atoms with E-state index in [-0.39, 0.29) is 0 Å². The van der Waals surface area contributed by atoms with Gasteiger partial charge >= 0.3 is 0 Å². The van der Waals surface area contributed by atoms with Crippen LogP contribution in [-0.4, -0.2) is 11.2 Å². The maximum atomic E-state index is 8.49. The summed E-state index contributed by atoms with van der Waals surface area (Å²) >= 11 is 0. The Labute approximate surface area is 126 Å². The molecular weight excluding hydrogens is 262 g/mol. The van der Waals surface area contributed by atoms with Crippen molar-refractivity contribution in [2.75, 3.05) is 11.9 Å². The van der Waals surface area contributed by atoms with Crippen molar-refractivity contribution in [1.82, 2.24) is 4.57 Å². The van der Waals surface area contributed by atoms with E-state index in [1.54, 1.807) is 0 Å². The Morgan fingerprint density at radius 2 is 2.19 bits per heavy atom. The molecule has 2 aromatic rings. The molecular formula is C17H21N3O. The average molecular weight is 283 g/mol. The molecule has 0 fully saturated rings. The molecule has 0 aliphatic heterocycles. The predicted octanol–water partition coefficient (Wildman–Crippen LogP) is 3.80. The van der Waals surface area contributed by atoms with Gasteiger partial charge in [0.15, 0.2) is 0 Å². The van der Waals surface area contributed by atoms with Crippen LogP contribution in [-0.2, 0) is 13.1 Å². The zero-order chi connectivity index (χ0) is 14.9. The lowest BCUT2D eigenvalue weighted by Gasteiger charge is -2.11. The molecule has 4 heteroatoms. The molecule has 1 aromatic carbocycles. The number of nitriles is 1. The molecule has 1 aromatic heterocycles. The fourth-order valence-electron chi connectivity index (χ4n) is 2.15. The molecule has 0 amide bonds. The minimum absolute atomic E-state index is 0.534. The summed E-state index contributed by atoms with van der Waals surface area (Å²) in [6.07, 6.45) is 3.38. The molecule has 21 heavy (non-hydrogen) atoms. The molecule has 0 saturated heterocycles. The van der Waals surface area contributed by atoms with Gasteiger partial charge in [0.05, 0.1) is 19.2 Å². The predicted molar refractivity (Wildman–Crippen MR) is 84.2 cm³/mol. The van der Waals surface area contributed by atoms with E-state index < -0.39 is 0 Å². The van der Waals surface area contributed by atoms with Gasteiger partial charge in [-0.15, -0.1) is 0 Å². The molecule has 1 N–H and O–H groups in total. The van der Waals surface area contributed by atoms with Crippen molar-refractivity contribution in [3.05, 3.63) is 48.3 Å². The van der Waals surface area contributed by atoms with Gasteiger partial charge in [0, 0.05) is 36.6 Å². The number of ether oxygens (including phenoxy) is 1. The Kier molecular flexibility index (Phi) is 5.71. The second-order valence-corrected chi connectivity index (χ2v) is 4.78. The first-order chi connectivity index (χ1) is 10.3. The smallest absolute Gasteiger partial charge is 0.121 e. The fraction of sp³-hybridized carbons (Fsp3) is 0.353. The summed E-state index contributed by atoms with van der Waals surface area (Å²) in [5.41, 5.74) is 2.30. The minimum atomic E-state index is 0.534. The van der Waals surface area contributed by atoms with Crippen LogP contribution >= 0.6 is 0 Å². The van der Waals surface area contributed by atoms with Crippen molar-refractivity contribution in [3.8, 4) is 11.8 Å². The molecule has 0 aliphatic carbocycles. The summed E-state index contributed by atoms with van der Waals surface area (Å²) in [4.78, 5) is 0. The first-order valence-corrected chi connectivity index (χ1v) is 7.31. The standard InChI is InChI=1S/C17H21N3O/c1-2-20-11-6-8-16(20)14-19-15-7-5-9-17(13-15)21-12-4-3-10-18/h5-9,11,13,19H,2-4,12,14H2,1H3. The highest BCUT2D eigenvalue weighted by Gasteiger charge is 2.00. The number of nitrogens with one attached hydrogen (secondary N) is 1. The Morgan fingerprint density at radius 3 is 3.00 bits per heavy atom. The van der Waals surface area contributed by atoms with E-state index in [1.165, 1.54) is 5.69 Å². The van der Waals surface area contributed by atoms with Crippen molar-refractivity contribution >= 4 is 5.69 Å². The third-order valence-electron chi connectivity index (χ3n) is 3.27. The van der Waals surface area contributed by atoms with Crippen molar-refractivity contribution < 1.29 is 4.74 Å². The van der Waals surface area contributed by atoms with Crippen LogP contribution < -0.4 is 10.1 Å². The van der Waals surface area contributed by atoms with Crippen molar-refractivity contribution in [1.29, 1.82) is 5.26 Å². The SMILES string of the molecule is CCn1cccc1CNc1cccc(OCCCC#N)c1. The van der Waals surface area contributed by atoms with Gasteiger partial charge in [0.25, 0.3) is 0 Å². The van der Waals surface area contributed by atoms with E-state index in [9.17, 15) is 0 Å². The van der Waals surface area contributed by atoms with Crippen LogP contribution in [0.5, 0.6) is 5.75 Å². The highest BCUT2D eigenvalue weighted by molar-refractivity contribution is 5.48. The van der Waals surface area contributed by atoms with Crippen LogP contribution in [0, 0.1) is 11.3 Å². The number of benzene rings is 1. The maximum Gasteiger partial charge on any atom is 0.121 e. The van der Waals surface area contributed by atoms with Crippen molar-refractivity contribution in [2.24, 2.45) is 0 Å². The van der Waals surface area contributed by atoms with E-state index in [2.05, 4.69) is 41.2 Å². The summed E-state index contributed by atoms with van der Waals surface area (Å²) in [5, 5.41) is 11.9. The molecule has 110 valence electrons. The Balaban J connectivity index is 1.87. The Morgan fingerprint density at radius 1 is 1.29 bits per heavy atom. The van der Waals surface area contributed by atoms with E-state index >= 15 is 0 Å². The highest BCUT2D eigenvalue weighted by Crippen LogP contribution is 2.18. The van der Waals surface area contributed by atoms with Crippen molar-refractivity contribution in [2.45, 2.75) is 32.9 Å². The molecule has 0 unspecified atom stereocenters. The van der Waals surface area contributed by atoms with Crippen molar-refractivity contribution in [3.63, 3.8) is 0 Å². The van der Waals surface area contributed by atoms with Gasteiger partial charge in [-0.05, 0) is 37.6 Å². The zero-order valence-electron chi connectivity index (χ0n) is 12.4. The third kappa shape index (κ3) is 4.57. The number of aromatic nitrogens is 1. The lowest BCUT2D eigenvalue weighted by atomic mass is 10.3. The first kappa shape index (κ1) is 15.0. The normalized spacial score (nSPS) is 10.1. The molecule has 0 radical (unpaired) electrons. The summed E-state index contributed by atoms with van der Waals surface area (Å²) in [6.45, 7) is 4.49. The number of nitrogens with zero attached hydrogens (tertiary/aromatic N) is 2. The van der Waals surface area contributed by atoms with Crippen LogP contribution in [0.2, 0.25) is 0 Å². The van der Waals surface area contributed by atoms with Gasteiger partial charge in [0.1, 0.15) is 5.75 Å². The van der Waals surface area contributed by atoms with Gasteiger partial charge in [-0.1, -0.05) is 6.07 Å². The largest absolute Gasteiger partial charge is 0.493 e. The van der Waals surface area contributed by atoms with Gasteiger partial charge in [-0.25, -0.2) is 0 Å². The lowest BCUT2D eigenvalue weighted by Crippen LogP contribution is -2.06. The number of aryl methyl sites for hydroxylation is 1. The molecule has 0 spiro atoms. The number of rotatable bonds is 8. The van der Waals surface area contributed by atoms with E-state index in [1.807, 2.05) is 24.3 Å². The maximum absolute atomic E-state index is 8.49. The van der Waals surface area contributed by atoms with E-state index in [0.717, 1.165) is 30.9 Å². The van der Waals surface area contributed by atoms with Crippen LogP contribution in [0.1, 0.15) is 25.5 Å². The highest BCUT2D eigenvalue weighted by atomic mass is 16.5. The van der Waals surface area contributed by atoms with Gasteiger partial charge in [0.2, 0.25) is 0 Å². The third-order valence-corrected chi connectivity index (χ3v) is 3.27. The second-order valence-electron chi connectivity index (χ2n) is 4.78. The molecule has 0 aliphatic rings. The minimum Gasteiger partial charge on any atom is -0.493 e. The summed E-state index contributed by atoms with van der Waals surface area (Å²) in [6, 6.07) is 14.2. The number of hydrogen-bond donors (Lipinski definition) is 1. The Bertz CT molecular complexity index is 598. The molecule has 2 rings (SSSR count). The molecule has 0 bridgehead atoms. The second kappa shape index (κ2) is 8.01. The molecule has 0 saturated carbocycles. The van der Waals surface area contributed by atoms with Crippen LogP contribution in [0.25, 0.3) is 0 Å². The number of unbranched alkanes of at least 4 members (excludes halogenated alkanes) is 1. The number of hydrogen-bond acceptors (Lipinski definition) is 3. The summed E-state index contributed by atoms with van der Waals surface area (Å²) in [5.74, 6) is 0.837. The number of anilines is 1. The van der Waals surface area contributed by atoms with Crippen LogP contribution in [0.15, 0.2) is 42.6 Å². The zero-order valence-corrected chi connectivity index (χ0v) is 12.4. The quantitative estimate of drug-likeness (QED) is 0.750. The summed E-state index contributed by atoms with van der Waals surface area (Å²) in [7, 11) is 0. The topological polar surface area (TPSA) is 50.0 Å². The average Bonchev–Trinajstić information content (AvgIpc) is 2.97. The fourth-order valence-corrected chi connectivity index (χ4v) is 2.15. The van der Waals surface area contributed by atoms with Gasteiger partial charge in [-0.3, -0.25) is 0 Å². The Hall–Kier alpha value is -2.41. The van der Waals surface area contributed by atoms with E-state index in [4.69, 9.17) is 10.00 Å². The van der Waals surface area contributed by atoms with E-state index in [0.29, 0.717) is 13.0 Å². The summed E-state index contributed by atoms with van der Waals surface area (Å²) < 4.78 is 7.85. The molecule has 1 heterocycles.